The number of aliphatic hydroxyl groups excluding tert-OH is 4. The Kier molecular flexibility index (Phi) is 6.77. The first kappa shape index (κ1) is 34.7. The molecule has 3 saturated heterocycles. The van der Waals surface area contributed by atoms with Crippen molar-refractivity contribution in [3.8, 4) is 0 Å². The van der Waals surface area contributed by atoms with E-state index in [-0.39, 0.29) is 6.42 Å². The average molecular weight is 718 g/mol. The van der Waals surface area contributed by atoms with Gasteiger partial charge in [-0.25, -0.2) is 4.79 Å². The molecule has 1 unspecified atom stereocenters. The molecule has 14 nitrogen and oxygen atoms in total. The quantitative estimate of drug-likeness (QED) is 0.152. The summed E-state index contributed by atoms with van der Waals surface area (Å²) in [6.45, 7) is 8.04. The lowest BCUT2D eigenvalue weighted by atomic mass is 9.39. The third-order valence-corrected chi connectivity index (χ3v) is 15.2. The van der Waals surface area contributed by atoms with Gasteiger partial charge >= 0.3 is 24.0 Å². The van der Waals surface area contributed by atoms with Crippen LogP contribution in [0.4, 0.5) is 13.2 Å². The number of hydrogen-bond donors (Lipinski definition) is 6. The number of halogens is 3. The van der Waals surface area contributed by atoms with Gasteiger partial charge in [0.15, 0.2) is 5.60 Å². The molecule has 0 aromatic carbocycles. The zero-order valence-corrected chi connectivity index (χ0v) is 28.1. The maximum atomic E-state index is 14.4. The fraction of sp³-hybridized carbons (Fsp3) is 0.879. The van der Waals surface area contributed by atoms with Crippen LogP contribution in [0.15, 0.2) is 0 Å². The molecule has 0 aromatic rings. The molecule has 5 saturated carbocycles. The fourth-order valence-electron chi connectivity index (χ4n) is 13.1. The second kappa shape index (κ2) is 9.76. The molecule has 6 N–H and O–H groups in total. The summed E-state index contributed by atoms with van der Waals surface area (Å²) in [6.07, 6.45) is -16.5. The third-order valence-electron chi connectivity index (χ3n) is 15.2. The molecule has 0 aromatic heterocycles. The van der Waals surface area contributed by atoms with E-state index in [0.29, 0.717) is 0 Å². The Labute approximate surface area is 283 Å². The van der Waals surface area contributed by atoms with E-state index < -0.39 is 154 Å². The summed E-state index contributed by atoms with van der Waals surface area (Å²) in [4.78, 5) is 53.0. The number of ether oxygens (including phenoxy) is 4. The van der Waals surface area contributed by atoms with Crippen LogP contribution in [-0.2, 0) is 38.1 Å². The molecular formula is C33H42F3NO13. The molecular weight excluding hydrogens is 675 g/mol. The van der Waals surface area contributed by atoms with Gasteiger partial charge in [-0.3, -0.25) is 14.4 Å². The van der Waals surface area contributed by atoms with Gasteiger partial charge in [-0.2, -0.15) is 13.2 Å². The highest BCUT2D eigenvalue weighted by Crippen LogP contribution is 2.80. The molecule has 5 aliphatic carbocycles. The Balaban J connectivity index is 1.38. The number of esters is 2. The summed E-state index contributed by atoms with van der Waals surface area (Å²) < 4.78 is 64.5. The first-order valence-corrected chi connectivity index (χ1v) is 17.1. The zero-order chi connectivity index (χ0) is 36.8. The van der Waals surface area contributed by atoms with Gasteiger partial charge in [-0.1, -0.05) is 13.8 Å². The predicted octanol–water partition coefficient (Wildman–Crippen LogP) is -1.04. The second-order valence-electron chi connectivity index (χ2n) is 16.7. The predicted molar refractivity (Wildman–Crippen MR) is 155 cm³/mol. The van der Waals surface area contributed by atoms with Crippen molar-refractivity contribution in [3.63, 3.8) is 0 Å². The largest absolute Gasteiger partial charge is 0.471 e. The van der Waals surface area contributed by atoms with Crippen molar-refractivity contribution in [2.45, 2.75) is 120 Å². The lowest BCUT2D eigenvalue weighted by Gasteiger charge is -2.67. The first-order chi connectivity index (χ1) is 23.0. The summed E-state index contributed by atoms with van der Waals surface area (Å²) in [5.41, 5.74) is -7.82. The summed E-state index contributed by atoms with van der Waals surface area (Å²) in [6, 6.07) is -1.71. The van der Waals surface area contributed by atoms with E-state index in [1.807, 2.05) is 5.32 Å². The number of alkyl halides is 3. The van der Waals surface area contributed by atoms with Crippen molar-refractivity contribution in [2.75, 3.05) is 0 Å². The second-order valence-corrected chi connectivity index (χ2v) is 16.7. The highest BCUT2D eigenvalue weighted by Gasteiger charge is 2.93. The number of fused-ring (bicyclic) bond motifs is 9. The molecule has 278 valence electrons. The van der Waals surface area contributed by atoms with Crippen LogP contribution in [0.25, 0.3) is 0 Å². The number of aliphatic hydroxyl groups is 5. The maximum Gasteiger partial charge on any atom is 0.471 e. The van der Waals surface area contributed by atoms with Gasteiger partial charge in [0.25, 0.3) is 0 Å². The lowest BCUT2D eigenvalue weighted by molar-refractivity contribution is -0.280. The minimum atomic E-state index is -5.37. The van der Waals surface area contributed by atoms with E-state index in [1.165, 1.54) is 20.8 Å². The van der Waals surface area contributed by atoms with E-state index in [4.69, 9.17) is 18.9 Å². The first-order valence-electron chi connectivity index (χ1n) is 17.1. The number of amides is 1. The van der Waals surface area contributed by atoms with Gasteiger partial charge in [0.1, 0.15) is 30.2 Å². The molecule has 8 fully saturated rings. The van der Waals surface area contributed by atoms with Crippen LogP contribution >= 0.6 is 0 Å². The molecule has 1 amide bonds. The number of rotatable bonds is 3. The van der Waals surface area contributed by atoms with Gasteiger partial charge in [0.05, 0.1) is 41.3 Å². The normalized spacial score (nSPS) is 59.6. The Morgan fingerprint density at radius 1 is 0.960 bits per heavy atom. The maximum absolute atomic E-state index is 14.4. The number of hydrogen-bond acceptors (Lipinski definition) is 13. The SMILES string of the molecule is CC(=O)O[C@H]1[C@H]2[C@@H]([C@@H](O)[C@@H](NC(=O)C(F)(F)F)C3C[C@@H]4O[C@@H]4[C@H](O)[C@@]32C)[C@@H]2[C@@H](O)[C@@H]3[C@H]([C@H](C)[C@H]4O[C@]45OC(=O)[C@@](C)(O)[C@]35C)[C@@]2(C(C)=O)[C@H]1O. The number of nitrogens with one attached hydrogen (secondary N) is 1. The third kappa shape index (κ3) is 3.56. The monoisotopic (exact) mass is 717 g/mol. The minimum Gasteiger partial charge on any atom is -0.459 e. The number of Topliss-reactive ketones (excluding diaryl/α,β-unsaturated/α-hetero) is 1. The molecule has 21 atom stereocenters. The van der Waals surface area contributed by atoms with E-state index in [0.717, 1.165) is 13.8 Å². The molecule has 0 radical (unpaired) electrons. The molecule has 17 heteroatoms. The van der Waals surface area contributed by atoms with Crippen LogP contribution < -0.4 is 5.32 Å². The number of ketones is 1. The van der Waals surface area contributed by atoms with Crippen LogP contribution in [0, 0.1) is 57.7 Å². The Morgan fingerprint density at radius 3 is 2.18 bits per heavy atom. The van der Waals surface area contributed by atoms with Gasteiger partial charge in [0.2, 0.25) is 5.79 Å². The molecule has 0 bridgehead atoms. The lowest BCUT2D eigenvalue weighted by Crippen LogP contribution is -2.77. The van der Waals surface area contributed by atoms with E-state index in [1.54, 1.807) is 6.92 Å². The topological polar surface area (TPSA) is 225 Å². The minimum absolute atomic E-state index is 0.0144. The van der Waals surface area contributed by atoms with E-state index in [2.05, 4.69) is 0 Å². The average Bonchev–Trinajstić information content (AvgIpc) is 3.91. The van der Waals surface area contributed by atoms with Crippen molar-refractivity contribution in [1.82, 2.24) is 5.32 Å². The Bertz CT molecular complexity index is 1590. The van der Waals surface area contributed by atoms with Crippen LogP contribution in [0.2, 0.25) is 0 Å². The van der Waals surface area contributed by atoms with Crippen molar-refractivity contribution < 1.29 is 76.8 Å². The summed E-state index contributed by atoms with van der Waals surface area (Å²) in [5.74, 6) is -15.4. The van der Waals surface area contributed by atoms with Crippen LogP contribution in [0.3, 0.4) is 0 Å². The summed E-state index contributed by atoms with van der Waals surface area (Å²) >= 11 is 0. The summed E-state index contributed by atoms with van der Waals surface area (Å²) in [7, 11) is 0. The standard InChI is InChI=1S/C33H42F3NO13/c1-8-14-17(29(5)30(6,46)27(45)50-32(29)25(8)49-32)20(41)15-13-16(22(47-10(3)39)24(43)31(14,15)9(2)38)28(4)11(7-12-21(48-12)23(28)42)18(19(13)40)37-26(44)33(34,35)36/h8,11-25,40-43,46H,7H2,1-6H3,(H,37,44)/t8-,11?,12-,13-,14-,15+,16+,17-,18-,19+,20+,21-,22-,23-,24-,25+,28-,29-,30+,31+,32-/m0/s1. The van der Waals surface area contributed by atoms with Crippen LogP contribution in [-0.4, -0.2) is 122 Å². The Hall–Kier alpha value is -2.41. The van der Waals surface area contributed by atoms with E-state index in [9.17, 15) is 57.9 Å². The molecule has 8 rings (SSSR count). The van der Waals surface area contributed by atoms with E-state index >= 15 is 0 Å². The fourth-order valence-corrected chi connectivity index (χ4v) is 13.1. The zero-order valence-electron chi connectivity index (χ0n) is 28.1. The van der Waals surface area contributed by atoms with Gasteiger partial charge in [-0.05, 0) is 44.9 Å². The Morgan fingerprint density at radius 2 is 1.60 bits per heavy atom. The number of epoxide rings is 2. The van der Waals surface area contributed by atoms with Gasteiger partial charge in [0, 0.05) is 36.0 Å². The number of carbonyl (C=O) groups excluding carboxylic acids is 4. The van der Waals surface area contributed by atoms with Crippen molar-refractivity contribution in [3.05, 3.63) is 0 Å². The number of carbonyl (C=O) groups is 4. The van der Waals surface area contributed by atoms with Gasteiger partial charge in [-0.15, -0.1) is 0 Å². The highest BCUT2D eigenvalue weighted by molar-refractivity contribution is 5.87. The van der Waals surface area contributed by atoms with Crippen molar-refractivity contribution in [1.29, 1.82) is 0 Å². The highest BCUT2D eigenvalue weighted by atomic mass is 19.4. The molecule has 8 aliphatic rings. The molecule has 3 aliphatic heterocycles. The smallest absolute Gasteiger partial charge is 0.459 e. The molecule has 3 heterocycles. The summed E-state index contributed by atoms with van der Waals surface area (Å²) in [5, 5.41) is 63.3. The molecule has 50 heavy (non-hydrogen) atoms. The molecule has 1 spiro atoms. The van der Waals surface area contributed by atoms with Crippen molar-refractivity contribution in [2.24, 2.45) is 57.7 Å². The van der Waals surface area contributed by atoms with Gasteiger partial charge < -0.3 is 49.8 Å². The van der Waals surface area contributed by atoms with Crippen LogP contribution in [0.5, 0.6) is 0 Å². The van der Waals surface area contributed by atoms with Crippen molar-refractivity contribution >= 4 is 23.6 Å². The van der Waals surface area contributed by atoms with Crippen LogP contribution in [0.1, 0.15) is 48.0 Å².